The Morgan fingerprint density at radius 1 is 1.21 bits per heavy atom. The third-order valence-corrected chi connectivity index (χ3v) is 3.47. The van der Waals surface area contributed by atoms with Gasteiger partial charge < -0.3 is 4.90 Å². The smallest absolute Gasteiger partial charge is 0.277 e. The van der Waals surface area contributed by atoms with Crippen LogP contribution in [0.5, 0.6) is 0 Å². The van der Waals surface area contributed by atoms with Gasteiger partial charge in [0.25, 0.3) is 5.91 Å². The van der Waals surface area contributed by atoms with Gasteiger partial charge in [-0.1, -0.05) is 0 Å². The van der Waals surface area contributed by atoms with Crippen LogP contribution in [0, 0.1) is 0 Å². The number of anilines is 1. The fraction of sp³-hybridized carbons (Fsp3) is 0.533. The first kappa shape index (κ1) is 13.9. The molecule has 1 aromatic rings. The zero-order valence-corrected chi connectivity index (χ0v) is 11.8. The molecule has 0 aliphatic carbocycles. The lowest BCUT2D eigenvalue weighted by Gasteiger charge is -2.26. The minimum absolute atomic E-state index is 0.0363. The lowest BCUT2D eigenvalue weighted by Crippen LogP contribution is -2.35. The zero-order valence-electron chi connectivity index (χ0n) is 11.8. The maximum atomic E-state index is 12.2. The third kappa shape index (κ3) is 3.26. The van der Waals surface area contributed by atoms with Crippen molar-refractivity contribution in [1.29, 1.82) is 0 Å². The summed E-state index contributed by atoms with van der Waals surface area (Å²) in [5.74, 6) is -0.0363. The number of hydrogen-bond acceptors (Lipinski definition) is 3. The molecule has 2 rings (SSSR count). The van der Waals surface area contributed by atoms with Crippen molar-refractivity contribution in [3.8, 4) is 0 Å². The number of nitrogens with zero attached hydrogens (tertiary/aromatic N) is 2. The Kier molecular flexibility index (Phi) is 4.80. The van der Waals surface area contributed by atoms with E-state index in [2.05, 4.69) is 18.7 Å². The Morgan fingerprint density at radius 2 is 1.89 bits per heavy atom. The predicted octanol–water partition coefficient (Wildman–Crippen LogP) is 2.70. The average Bonchev–Trinajstić information content (AvgIpc) is 2.49. The highest BCUT2D eigenvalue weighted by molar-refractivity contribution is 5.93. The quantitative estimate of drug-likeness (QED) is 0.836. The summed E-state index contributed by atoms with van der Waals surface area (Å²) < 4.78 is 0. The minimum atomic E-state index is -0.0363. The molecule has 0 N–H and O–H groups in total. The third-order valence-electron chi connectivity index (χ3n) is 3.47. The molecule has 1 amide bonds. The molecule has 0 aromatic heterocycles. The van der Waals surface area contributed by atoms with E-state index in [1.807, 2.05) is 24.3 Å². The van der Waals surface area contributed by atoms with Crippen molar-refractivity contribution in [2.45, 2.75) is 26.7 Å². The van der Waals surface area contributed by atoms with Crippen molar-refractivity contribution in [3.05, 3.63) is 29.8 Å². The summed E-state index contributed by atoms with van der Waals surface area (Å²) in [6, 6.07) is 7.77. The SMILES string of the molecule is CCN(CC)c1ccc(C(=O)N2CCCCO2)cc1. The number of amides is 1. The molecule has 1 aromatic carbocycles. The molecule has 1 fully saturated rings. The van der Waals surface area contributed by atoms with Crippen molar-refractivity contribution in [2.75, 3.05) is 31.1 Å². The lowest BCUT2D eigenvalue weighted by molar-refractivity contribution is -0.144. The first-order valence-electron chi connectivity index (χ1n) is 7.06. The van der Waals surface area contributed by atoms with E-state index in [-0.39, 0.29) is 5.91 Å². The van der Waals surface area contributed by atoms with Gasteiger partial charge in [0, 0.05) is 30.9 Å². The van der Waals surface area contributed by atoms with Crippen LogP contribution in [0.25, 0.3) is 0 Å². The summed E-state index contributed by atoms with van der Waals surface area (Å²) in [4.78, 5) is 19.9. The number of benzene rings is 1. The topological polar surface area (TPSA) is 32.8 Å². The number of rotatable bonds is 4. The molecule has 1 saturated heterocycles. The molecule has 4 nitrogen and oxygen atoms in total. The molecule has 0 atom stereocenters. The maximum absolute atomic E-state index is 12.2. The Labute approximate surface area is 114 Å². The second kappa shape index (κ2) is 6.57. The van der Waals surface area contributed by atoms with Crippen LogP contribution in [0.3, 0.4) is 0 Å². The van der Waals surface area contributed by atoms with Crippen molar-refractivity contribution in [3.63, 3.8) is 0 Å². The highest BCUT2D eigenvalue weighted by Crippen LogP contribution is 2.17. The Bertz CT molecular complexity index is 407. The Morgan fingerprint density at radius 3 is 2.42 bits per heavy atom. The van der Waals surface area contributed by atoms with Gasteiger partial charge in [-0.05, 0) is 51.0 Å². The van der Waals surface area contributed by atoms with E-state index in [1.165, 1.54) is 5.06 Å². The molecule has 4 heteroatoms. The fourth-order valence-corrected chi connectivity index (χ4v) is 2.30. The van der Waals surface area contributed by atoms with Gasteiger partial charge in [-0.25, -0.2) is 5.06 Å². The van der Waals surface area contributed by atoms with Crippen LogP contribution < -0.4 is 4.90 Å². The first-order valence-corrected chi connectivity index (χ1v) is 7.06. The van der Waals surface area contributed by atoms with E-state index in [4.69, 9.17) is 4.84 Å². The summed E-state index contributed by atoms with van der Waals surface area (Å²) >= 11 is 0. The molecule has 104 valence electrons. The number of carbonyl (C=O) groups excluding carboxylic acids is 1. The van der Waals surface area contributed by atoms with Crippen LogP contribution >= 0.6 is 0 Å². The molecule has 1 aliphatic heterocycles. The van der Waals surface area contributed by atoms with E-state index in [9.17, 15) is 4.79 Å². The molecule has 0 spiro atoms. The van der Waals surface area contributed by atoms with Gasteiger partial charge in [0.15, 0.2) is 0 Å². The summed E-state index contributed by atoms with van der Waals surface area (Å²) in [6.45, 7) is 7.53. The van der Waals surface area contributed by atoms with Gasteiger partial charge in [-0.2, -0.15) is 0 Å². The minimum Gasteiger partial charge on any atom is -0.372 e. The average molecular weight is 262 g/mol. The summed E-state index contributed by atoms with van der Waals surface area (Å²) in [7, 11) is 0. The standard InChI is InChI=1S/C15H22N2O2/c1-3-16(4-2)14-9-7-13(8-10-14)15(18)17-11-5-6-12-19-17/h7-10H,3-6,11-12H2,1-2H3. The van der Waals surface area contributed by atoms with Crippen molar-refractivity contribution < 1.29 is 9.63 Å². The van der Waals surface area contributed by atoms with Crippen molar-refractivity contribution in [1.82, 2.24) is 5.06 Å². The molecule has 0 radical (unpaired) electrons. The molecular formula is C15H22N2O2. The molecule has 0 bridgehead atoms. The molecule has 19 heavy (non-hydrogen) atoms. The molecule has 1 heterocycles. The van der Waals surface area contributed by atoms with E-state index < -0.39 is 0 Å². The van der Waals surface area contributed by atoms with Crippen molar-refractivity contribution >= 4 is 11.6 Å². The van der Waals surface area contributed by atoms with Crippen LogP contribution in [0.1, 0.15) is 37.0 Å². The van der Waals surface area contributed by atoms with Gasteiger partial charge in [0.05, 0.1) is 6.61 Å². The van der Waals surface area contributed by atoms with E-state index >= 15 is 0 Å². The van der Waals surface area contributed by atoms with Crippen LogP contribution in [0.2, 0.25) is 0 Å². The second-order valence-electron chi connectivity index (χ2n) is 4.67. The Hall–Kier alpha value is -1.55. The largest absolute Gasteiger partial charge is 0.372 e. The van der Waals surface area contributed by atoms with Gasteiger partial charge >= 0.3 is 0 Å². The summed E-state index contributed by atoms with van der Waals surface area (Å²) in [5, 5.41) is 1.48. The van der Waals surface area contributed by atoms with Gasteiger partial charge in [0.2, 0.25) is 0 Å². The molecule has 1 aliphatic rings. The van der Waals surface area contributed by atoms with Crippen molar-refractivity contribution in [2.24, 2.45) is 0 Å². The monoisotopic (exact) mass is 262 g/mol. The number of carbonyl (C=O) groups is 1. The summed E-state index contributed by atoms with van der Waals surface area (Å²) in [6.07, 6.45) is 2.05. The molecular weight excluding hydrogens is 240 g/mol. The maximum Gasteiger partial charge on any atom is 0.277 e. The zero-order chi connectivity index (χ0) is 13.7. The normalized spacial score (nSPS) is 15.4. The van der Waals surface area contributed by atoms with E-state index in [0.717, 1.165) is 31.6 Å². The van der Waals surface area contributed by atoms with Crippen LogP contribution in [-0.2, 0) is 4.84 Å². The molecule has 0 saturated carbocycles. The number of hydroxylamine groups is 2. The van der Waals surface area contributed by atoms with Crippen LogP contribution in [-0.4, -0.2) is 37.2 Å². The fourth-order valence-electron chi connectivity index (χ4n) is 2.30. The highest BCUT2D eigenvalue weighted by Gasteiger charge is 2.19. The van der Waals surface area contributed by atoms with Gasteiger partial charge in [-0.3, -0.25) is 9.63 Å². The van der Waals surface area contributed by atoms with Gasteiger partial charge in [0.1, 0.15) is 0 Å². The number of hydrogen-bond donors (Lipinski definition) is 0. The second-order valence-corrected chi connectivity index (χ2v) is 4.67. The van der Waals surface area contributed by atoms with Crippen LogP contribution in [0.15, 0.2) is 24.3 Å². The summed E-state index contributed by atoms with van der Waals surface area (Å²) in [5.41, 5.74) is 1.85. The Balaban J connectivity index is 2.06. The lowest BCUT2D eigenvalue weighted by atomic mass is 10.1. The van der Waals surface area contributed by atoms with E-state index in [1.54, 1.807) is 0 Å². The predicted molar refractivity (Wildman–Crippen MR) is 76.2 cm³/mol. The van der Waals surface area contributed by atoms with Gasteiger partial charge in [-0.15, -0.1) is 0 Å². The highest BCUT2D eigenvalue weighted by atomic mass is 16.7. The molecule has 0 unspecified atom stereocenters. The van der Waals surface area contributed by atoms with Crippen LogP contribution in [0.4, 0.5) is 5.69 Å². The van der Waals surface area contributed by atoms with E-state index in [0.29, 0.717) is 18.7 Å². The first-order chi connectivity index (χ1) is 9.26.